The summed E-state index contributed by atoms with van der Waals surface area (Å²) in [7, 11) is 0. The molecule has 0 nitrogen and oxygen atoms in total. The molecule has 1 heteroatoms. The van der Waals surface area contributed by atoms with Gasteiger partial charge in [0, 0.05) is 0 Å². The lowest BCUT2D eigenvalue weighted by Gasteiger charge is -2.67. The average molecular weight is 182 g/mol. The quantitative estimate of drug-likeness (QED) is 0.591. The van der Waals surface area contributed by atoms with Crippen LogP contribution in [-0.4, -0.2) is 5.75 Å². The molecule has 3 rings (SSSR count). The molecule has 0 aromatic rings. The van der Waals surface area contributed by atoms with Gasteiger partial charge in [-0.3, -0.25) is 0 Å². The summed E-state index contributed by atoms with van der Waals surface area (Å²) in [6.45, 7) is 0. The van der Waals surface area contributed by atoms with E-state index in [0.717, 1.165) is 22.5 Å². The van der Waals surface area contributed by atoms with Crippen molar-refractivity contribution in [3.05, 3.63) is 0 Å². The molecule has 3 fully saturated rings. The maximum atomic E-state index is 4.37. The van der Waals surface area contributed by atoms with Crippen LogP contribution in [0.1, 0.15) is 44.9 Å². The molecule has 3 aliphatic carbocycles. The molecule has 0 bridgehead atoms. The molecule has 3 aliphatic rings. The molecule has 0 aliphatic heterocycles. The van der Waals surface area contributed by atoms with Crippen LogP contribution in [-0.2, 0) is 0 Å². The fraction of sp³-hybridized carbons (Fsp3) is 1.00. The highest BCUT2D eigenvalue weighted by molar-refractivity contribution is 7.80. The van der Waals surface area contributed by atoms with E-state index in [1.54, 1.807) is 25.7 Å². The standard InChI is InChI=1S/C11H18S/c12-6-9-4-11(5-9)7-10(8-11)2-1-3-10/h9,12H,1-8H2. The van der Waals surface area contributed by atoms with Crippen LogP contribution in [0.15, 0.2) is 0 Å². The summed E-state index contributed by atoms with van der Waals surface area (Å²) in [6, 6.07) is 0. The van der Waals surface area contributed by atoms with Gasteiger partial charge in [-0.2, -0.15) is 12.6 Å². The SMILES string of the molecule is SCC1CC2(C1)CC1(CCC1)C2. The zero-order valence-corrected chi connectivity index (χ0v) is 8.58. The van der Waals surface area contributed by atoms with E-state index in [4.69, 9.17) is 0 Å². The van der Waals surface area contributed by atoms with Crippen molar-refractivity contribution < 1.29 is 0 Å². The number of rotatable bonds is 1. The van der Waals surface area contributed by atoms with Gasteiger partial charge in [-0.25, -0.2) is 0 Å². The molecule has 12 heavy (non-hydrogen) atoms. The molecule has 0 aromatic carbocycles. The monoisotopic (exact) mass is 182 g/mol. The first-order valence-electron chi connectivity index (χ1n) is 5.37. The van der Waals surface area contributed by atoms with Crippen molar-refractivity contribution >= 4 is 12.6 Å². The lowest BCUT2D eigenvalue weighted by molar-refractivity contribution is -0.158. The Morgan fingerprint density at radius 2 is 1.75 bits per heavy atom. The predicted octanol–water partition coefficient (Wildman–Crippen LogP) is 3.28. The van der Waals surface area contributed by atoms with Gasteiger partial charge in [0.1, 0.15) is 0 Å². The molecule has 0 aromatic heterocycles. The fourth-order valence-electron chi connectivity index (χ4n) is 4.15. The molecular weight excluding hydrogens is 164 g/mol. The molecule has 0 radical (unpaired) electrons. The first kappa shape index (κ1) is 7.73. The summed E-state index contributed by atoms with van der Waals surface area (Å²) in [6.07, 6.45) is 10.8. The highest BCUT2D eigenvalue weighted by Crippen LogP contribution is 2.72. The van der Waals surface area contributed by atoms with Gasteiger partial charge in [0.2, 0.25) is 0 Å². The van der Waals surface area contributed by atoms with Crippen LogP contribution in [0, 0.1) is 16.7 Å². The van der Waals surface area contributed by atoms with Gasteiger partial charge in [0.05, 0.1) is 0 Å². The second kappa shape index (κ2) is 2.23. The van der Waals surface area contributed by atoms with Crippen molar-refractivity contribution in [2.75, 3.05) is 5.75 Å². The first-order chi connectivity index (χ1) is 5.76. The average Bonchev–Trinajstić information content (AvgIpc) is 1.78. The maximum absolute atomic E-state index is 4.37. The first-order valence-corrected chi connectivity index (χ1v) is 6.00. The second-order valence-corrected chi connectivity index (χ2v) is 6.03. The molecule has 0 heterocycles. The Morgan fingerprint density at radius 1 is 1.08 bits per heavy atom. The van der Waals surface area contributed by atoms with Gasteiger partial charge in [-0.15, -0.1) is 0 Å². The van der Waals surface area contributed by atoms with Crippen molar-refractivity contribution in [2.24, 2.45) is 16.7 Å². The fourth-order valence-corrected chi connectivity index (χ4v) is 4.41. The van der Waals surface area contributed by atoms with Crippen LogP contribution >= 0.6 is 12.6 Å². The normalized spacial score (nSPS) is 35.8. The van der Waals surface area contributed by atoms with Gasteiger partial charge < -0.3 is 0 Å². The lowest BCUT2D eigenvalue weighted by atomic mass is 9.38. The van der Waals surface area contributed by atoms with E-state index >= 15 is 0 Å². The van der Waals surface area contributed by atoms with Crippen LogP contribution in [0.5, 0.6) is 0 Å². The summed E-state index contributed by atoms with van der Waals surface area (Å²) in [5.41, 5.74) is 1.75. The molecule has 68 valence electrons. The van der Waals surface area contributed by atoms with Crippen LogP contribution in [0.3, 0.4) is 0 Å². The van der Waals surface area contributed by atoms with Crippen LogP contribution in [0.4, 0.5) is 0 Å². The molecule has 0 atom stereocenters. The van der Waals surface area contributed by atoms with E-state index in [1.165, 1.54) is 19.3 Å². The van der Waals surface area contributed by atoms with E-state index in [0.29, 0.717) is 0 Å². The highest BCUT2D eigenvalue weighted by Gasteiger charge is 2.60. The van der Waals surface area contributed by atoms with E-state index in [2.05, 4.69) is 12.6 Å². The summed E-state index contributed by atoms with van der Waals surface area (Å²) < 4.78 is 0. The largest absolute Gasteiger partial charge is 0.179 e. The summed E-state index contributed by atoms with van der Waals surface area (Å²) in [4.78, 5) is 0. The van der Waals surface area contributed by atoms with Gasteiger partial charge >= 0.3 is 0 Å². The third-order valence-electron chi connectivity index (χ3n) is 4.62. The molecule has 0 saturated heterocycles. The molecule has 3 saturated carbocycles. The topological polar surface area (TPSA) is 0 Å². The predicted molar refractivity (Wildman–Crippen MR) is 54.5 cm³/mol. The number of hydrogen-bond acceptors (Lipinski definition) is 1. The van der Waals surface area contributed by atoms with Crippen molar-refractivity contribution in [1.82, 2.24) is 0 Å². The molecule has 0 amide bonds. The Morgan fingerprint density at radius 3 is 2.17 bits per heavy atom. The third kappa shape index (κ3) is 0.865. The Labute approximate surface area is 80.5 Å². The maximum Gasteiger partial charge on any atom is -0.00691 e. The zero-order valence-electron chi connectivity index (χ0n) is 7.68. The summed E-state index contributed by atoms with van der Waals surface area (Å²) in [5, 5.41) is 0. The van der Waals surface area contributed by atoms with Gasteiger partial charge in [0.25, 0.3) is 0 Å². The van der Waals surface area contributed by atoms with Gasteiger partial charge in [-0.05, 0) is 61.0 Å². The Hall–Kier alpha value is 0.350. The third-order valence-corrected chi connectivity index (χ3v) is 5.13. The zero-order chi connectivity index (χ0) is 8.23. The Kier molecular flexibility index (Phi) is 1.44. The van der Waals surface area contributed by atoms with Crippen molar-refractivity contribution in [2.45, 2.75) is 44.9 Å². The van der Waals surface area contributed by atoms with Crippen LogP contribution in [0.2, 0.25) is 0 Å². The number of thiol groups is 1. The van der Waals surface area contributed by atoms with E-state index < -0.39 is 0 Å². The lowest BCUT2D eigenvalue weighted by Crippen LogP contribution is -2.56. The van der Waals surface area contributed by atoms with E-state index in [9.17, 15) is 0 Å². The van der Waals surface area contributed by atoms with E-state index in [-0.39, 0.29) is 0 Å². The minimum absolute atomic E-state index is 0.855. The van der Waals surface area contributed by atoms with Crippen LogP contribution in [0.25, 0.3) is 0 Å². The van der Waals surface area contributed by atoms with E-state index in [1.807, 2.05) is 0 Å². The minimum Gasteiger partial charge on any atom is -0.179 e. The second-order valence-electron chi connectivity index (χ2n) is 5.66. The smallest absolute Gasteiger partial charge is 0.00691 e. The Balaban J connectivity index is 1.56. The van der Waals surface area contributed by atoms with Crippen molar-refractivity contribution in [1.29, 1.82) is 0 Å². The highest BCUT2D eigenvalue weighted by atomic mass is 32.1. The minimum atomic E-state index is 0.855. The number of hydrogen-bond donors (Lipinski definition) is 1. The summed E-state index contributed by atoms with van der Waals surface area (Å²) in [5.74, 6) is 2.11. The van der Waals surface area contributed by atoms with Crippen LogP contribution < -0.4 is 0 Å². The Bertz CT molecular complexity index is 189. The molecule has 2 spiro atoms. The molecule has 0 unspecified atom stereocenters. The van der Waals surface area contributed by atoms with Gasteiger partial charge in [-0.1, -0.05) is 6.42 Å². The van der Waals surface area contributed by atoms with Gasteiger partial charge in [0.15, 0.2) is 0 Å². The van der Waals surface area contributed by atoms with Crippen molar-refractivity contribution in [3.63, 3.8) is 0 Å². The summed E-state index contributed by atoms with van der Waals surface area (Å²) >= 11 is 4.37. The molecule has 0 N–H and O–H groups in total. The molecular formula is C11H18S. The van der Waals surface area contributed by atoms with Crippen molar-refractivity contribution in [3.8, 4) is 0 Å².